The Bertz CT molecular complexity index is 866. The summed E-state index contributed by atoms with van der Waals surface area (Å²) in [6.07, 6.45) is 2.82. The van der Waals surface area contributed by atoms with Crippen LogP contribution in [0.15, 0.2) is 48.5 Å². The molecular weight excluding hydrogens is 310 g/mol. The average Bonchev–Trinajstić information content (AvgIpc) is 2.97. The molecule has 0 radical (unpaired) electrons. The van der Waals surface area contributed by atoms with E-state index < -0.39 is 0 Å². The maximum absolute atomic E-state index is 12.3. The zero-order chi connectivity index (χ0) is 17.6. The third-order valence-corrected chi connectivity index (χ3v) is 4.43. The van der Waals surface area contributed by atoms with Crippen LogP contribution in [0.4, 0.5) is 0 Å². The summed E-state index contributed by atoms with van der Waals surface area (Å²) in [5, 5.41) is 3.02. The lowest BCUT2D eigenvalue weighted by molar-refractivity contribution is 0.0952. The molecule has 0 saturated heterocycles. The highest BCUT2D eigenvalue weighted by Crippen LogP contribution is 2.17. The number of carbonyl (C=O) groups excluding carboxylic acids is 1. The molecule has 1 amide bonds. The molecule has 130 valence electrons. The first-order valence-corrected chi connectivity index (χ1v) is 8.98. The molecule has 0 fully saturated rings. The van der Waals surface area contributed by atoms with Gasteiger partial charge in [0, 0.05) is 25.1 Å². The van der Waals surface area contributed by atoms with Gasteiger partial charge < -0.3 is 9.88 Å². The van der Waals surface area contributed by atoms with E-state index in [1.54, 1.807) is 0 Å². The van der Waals surface area contributed by atoms with Crippen LogP contribution < -0.4 is 5.32 Å². The number of carbonyl (C=O) groups is 1. The SMILES string of the molecule is CCCn1c(CCCNC(=O)c2ccccc2C)nc2ccccc21. The van der Waals surface area contributed by atoms with Gasteiger partial charge in [0.05, 0.1) is 11.0 Å². The number of aryl methyl sites for hydroxylation is 3. The molecular formula is C21H25N3O. The topological polar surface area (TPSA) is 46.9 Å². The normalized spacial score (nSPS) is 11.0. The molecule has 1 heterocycles. The Hall–Kier alpha value is -2.62. The van der Waals surface area contributed by atoms with Crippen molar-refractivity contribution in [3.63, 3.8) is 0 Å². The number of nitrogens with zero attached hydrogens (tertiary/aromatic N) is 2. The van der Waals surface area contributed by atoms with Crippen LogP contribution in [0.5, 0.6) is 0 Å². The molecule has 0 saturated carbocycles. The quantitative estimate of drug-likeness (QED) is 0.660. The van der Waals surface area contributed by atoms with E-state index in [-0.39, 0.29) is 5.91 Å². The standard InChI is InChI=1S/C21H25N3O/c1-3-15-24-19-12-7-6-11-18(19)23-20(24)13-8-14-22-21(25)17-10-5-4-9-16(17)2/h4-7,9-12H,3,8,13-15H2,1-2H3,(H,22,25). The van der Waals surface area contributed by atoms with E-state index in [1.165, 1.54) is 5.52 Å². The summed E-state index contributed by atoms with van der Waals surface area (Å²) in [6.45, 7) is 5.77. The van der Waals surface area contributed by atoms with Gasteiger partial charge in [0.1, 0.15) is 5.82 Å². The molecule has 0 aliphatic heterocycles. The van der Waals surface area contributed by atoms with E-state index in [0.29, 0.717) is 6.54 Å². The second-order valence-corrected chi connectivity index (χ2v) is 6.34. The molecule has 4 nitrogen and oxygen atoms in total. The lowest BCUT2D eigenvalue weighted by Gasteiger charge is -2.09. The number of nitrogens with one attached hydrogen (secondary N) is 1. The Labute approximate surface area is 148 Å². The first kappa shape index (κ1) is 17.2. The fourth-order valence-corrected chi connectivity index (χ4v) is 3.16. The van der Waals surface area contributed by atoms with Crippen molar-refractivity contribution in [3.8, 4) is 0 Å². The van der Waals surface area contributed by atoms with E-state index in [4.69, 9.17) is 4.98 Å². The van der Waals surface area contributed by atoms with Gasteiger partial charge in [0.15, 0.2) is 0 Å². The Morgan fingerprint density at radius 3 is 2.68 bits per heavy atom. The Kier molecular flexibility index (Phi) is 5.49. The van der Waals surface area contributed by atoms with Crippen molar-refractivity contribution in [2.24, 2.45) is 0 Å². The monoisotopic (exact) mass is 335 g/mol. The second-order valence-electron chi connectivity index (χ2n) is 6.34. The van der Waals surface area contributed by atoms with Gasteiger partial charge in [0.25, 0.3) is 5.91 Å². The molecule has 0 atom stereocenters. The minimum absolute atomic E-state index is 0.000149. The molecule has 4 heteroatoms. The average molecular weight is 335 g/mol. The van der Waals surface area contributed by atoms with Gasteiger partial charge in [-0.05, 0) is 43.5 Å². The van der Waals surface area contributed by atoms with Crippen molar-refractivity contribution in [3.05, 3.63) is 65.5 Å². The Morgan fingerprint density at radius 2 is 1.88 bits per heavy atom. The number of amides is 1. The third-order valence-electron chi connectivity index (χ3n) is 4.43. The molecule has 3 rings (SSSR count). The van der Waals surface area contributed by atoms with Crippen LogP contribution in [0.3, 0.4) is 0 Å². The van der Waals surface area contributed by atoms with Crippen LogP contribution in [-0.2, 0) is 13.0 Å². The lowest BCUT2D eigenvalue weighted by atomic mass is 10.1. The van der Waals surface area contributed by atoms with Crippen LogP contribution in [-0.4, -0.2) is 22.0 Å². The van der Waals surface area contributed by atoms with E-state index in [2.05, 4.69) is 35.0 Å². The van der Waals surface area contributed by atoms with Crippen LogP contribution in [0.1, 0.15) is 41.5 Å². The van der Waals surface area contributed by atoms with Gasteiger partial charge in [-0.2, -0.15) is 0 Å². The number of benzene rings is 2. The molecule has 0 unspecified atom stereocenters. The smallest absolute Gasteiger partial charge is 0.251 e. The number of para-hydroxylation sites is 2. The maximum atomic E-state index is 12.3. The number of hydrogen-bond acceptors (Lipinski definition) is 2. The van der Waals surface area contributed by atoms with Crippen molar-refractivity contribution in [2.75, 3.05) is 6.54 Å². The van der Waals surface area contributed by atoms with Crippen LogP contribution >= 0.6 is 0 Å². The first-order chi connectivity index (χ1) is 12.2. The van der Waals surface area contributed by atoms with Crippen molar-refractivity contribution >= 4 is 16.9 Å². The van der Waals surface area contributed by atoms with Crippen molar-refractivity contribution in [1.29, 1.82) is 0 Å². The van der Waals surface area contributed by atoms with E-state index in [0.717, 1.165) is 48.3 Å². The minimum Gasteiger partial charge on any atom is -0.352 e. The van der Waals surface area contributed by atoms with Gasteiger partial charge >= 0.3 is 0 Å². The fraction of sp³-hybridized carbons (Fsp3) is 0.333. The summed E-state index contributed by atoms with van der Waals surface area (Å²) < 4.78 is 2.30. The first-order valence-electron chi connectivity index (χ1n) is 8.98. The lowest BCUT2D eigenvalue weighted by Crippen LogP contribution is -2.25. The molecule has 3 aromatic rings. The number of rotatable bonds is 7. The summed E-state index contributed by atoms with van der Waals surface area (Å²) in [4.78, 5) is 17.0. The largest absolute Gasteiger partial charge is 0.352 e. The molecule has 0 spiro atoms. The van der Waals surface area contributed by atoms with Crippen LogP contribution in [0.2, 0.25) is 0 Å². The summed E-state index contributed by atoms with van der Waals surface area (Å²) in [5.74, 6) is 1.10. The number of aromatic nitrogens is 2. The predicted octanol–water partition coefficient (Wildman–Crippen LogP) is 4.12. The molecule has 0 bridgehead atoms. The van der Waals surface area contributed by atoms with E-state index >= 15 is 0 Å². The highest BCUT2D eigenvalue weighted by Gasteiger charge is 2.10. The van der Waals surface area contributed by atoms with Gasteiger partial charge in [-0.25, -0.2) is 4.98 Å². The second kappa shape index (κ2) is 7.97. The molecule has 1 N–H and O–H groups in total. The van der Waals surface area contributed by atoms with Crippen molar-refractivity contribution in [2.45, 2.75) is 39.7 Å². The van der Waals surface area contributed by atoms with Crippen LogP contribution in [0.25, 0.3) is 11.0 Å². The van der Waals surface area contributed by atoms with E-state index in [9.17, 15) is 4.79 Å². The highest BCUT2D eigenvalue weighted by molar-refractivity contribution is 5.95. The zero-order valence-electron chi connectivity index (χ0n) is 15.0. The summed E-state index contributed by atoms with van der Waals surface area (Å²) in [7, 11) is 0. The number of fused-ring (bicyclic) bond motifs is 1. The molecule has 25 heavy (non-hydrogen) atoms. The minimum atomic E-state index is 0.000149. The maximum Gasteiger partial charge on any atom is 0.251 e. The van der Waals surface area contributed by atoms with Crippen molar-refractivity contribution < 1.29 is 4.79 Å². The summed E-state index contributed by atoms with van der Waals surface area (Å²) in [5.41, 5.74) is 4.00. The number of hydrogen-bond donors (Lipinski definition) is 1. The zero-order valence-corrected chi connectivity index (χ0v) is 15.0. The van der Waals surface area contributed by atoms with Gasteiger partial charge in [-0.15, -0.1) is 0 Å². The van der Waals surface area contributed by atoms with Gasteiger partial charge in [-0.1, -0.05) is 37.3 Å². The van der Waals surface area contributed by atoms with E-state index in [1.807, 2.05) is 37.3 Å². The molecule has 0 aliphatic rings. The Morgan fingerprint density at radius 1 is 1.12 bits per heavy atom. The third kappa shape index (κ3) is 3.90. The Balaban J connectivity index is 1.61. The predicted molar refractivity (Wildman–Crippen MR) is 102 cm³/mol. The summed E-state index contributed by atoms with van der Waals surface area (Å²) >= 11 is 0. The van der Waals surface area contributed by atoms with Gasteiger partial charge in [-0.3, -0.25) is 4.79 Å². The number of imidazole rings is 1. The molecule has 2 aromatic carbocycles. The summed E-state index contributed by atoms with van der Waals surface area (Å²) in [6, 6.07) is 15.9. The van der Waals surface area contributed by atoms with Gasteiger partial charge in [0.2, 0.25) is 0 Å². The van der Waals surface area contributed by atoms with Crippen LogP contribution in [0, 0.1) is 6.92 Å². The molecule has 0 aliphatic carbocycles. The van der Waals surface area contributed by atoms with Crippen molar-refractivity contribution in [1.82, 2.24) is 14.9 Å². The molecule has 1 aromatic heterocycles. The highest BCUT2D eigenvalue weighted by atomic mass is 16.1. The fourth-order valence-electron chi connectivity index (χ4n) is 3.16.